The van der Waals surface area contributed by atoms with Crippen molar-refractivity contribution < 1.29 is 19.8 Å². The third-order valence-electron chi connectivity index (χ3n) is 6.97. The summed E-state index contributed by atoms with van der Waals surface area (Å²) < 4.78 is 0. The molecule has 1 amide bonds. The lowest BCUT2D eigenvalue weighted by Crippen LogP contribution is -2.36. The molecule has 0 saturated heterocycles. The fourth-order valence-corrected chi connectivity index (χ4v) is 5.34. The quantitative estimate of drug-likeness (QED) is 0.149. The predicted molar refractivity (Wildman–Crippen MR) is 159 cm³/mol. The smallest absolute Gasteiger partial charge is 0.334 e. The summed E-state index contributed by atoms with van der Waals surface area (Å²) in [5, 5.41) is 33.5. The molecular formula is C30H32Cl2N4O4. The zero-order chi connectivity index (χ0) is 28.6. The van der Waals surface area contributed by atoms with E-state index in [2.05, 4.69) is 22.8 Å². The van der Waals surface area contributed by atoms with Crippen molar-refractivity contribution in [3.8, 4) is 0 Å². The Morgan fingerprint density at radius 2 is 1.57 bits per heavy atom. The van der Waals surface area contributed by atoms with Crippen molar-refractivity contribution in [2.24, 2.45) is 0 Å². The van der Waals surface area contributed by atoms with E-state index in [0.717, 1.165) is 11.3 Å². The van der Waals surface area contributed by atoms with Crippen LogP contribution in [0.2, 0.25) is 10.0 Å². The van der Waals surface area contributed by atoms with Gasteiger partial charge in [-0.25, -0.2) is 4.79 Å². The maximum atomic E-state index is 12.4. The number of aliphatic hydroxyl groups is 1. The average molecular weight is 584 g/mol. The standard InChI is InChI=1S/C30H32Cl2N4O4/c31-23-14-24(32)16-25(15-23)35-30(33)36(26-12-10-21(11-13-26)20-4-2-1-3-5-20)18-19-6-8-22(9-7-19)28(38)34-17-27(37)29(39)40/h6-16,20,27,37H,1-5,17-18H2,(H2,33,35)(H,34,38)(H,39,40)/t27-/m1/s1. The Morgan fingerprint density at radius 3 is 2.17 bits per heavy atom. The lowest BCUT2D eigenvalue weighted by Gasteiger charge is -2.27. The molecule has 0 heterocycles. The molecule has 0 unspecified atom stereocenters. The molecule has 5 N–H and O–H groups in total. The van der Waals surface area contributed by atoms with Crippen LogP contribution >= 0.6 is 23.2 Å². The number of hydrogen-bond acceptors (Lipinski definition) is 4. The van der Waals surface area contributed by atoms with Crippen molar-refractivity contribution >= 4 is 52.4 Å². The Morgan fingerprint density at radius 1 is 0.950 bits per heavy atom. The minimum atomic E-state index is -1.67. The van der Waals surface area contributed by atoms with E-state index in [9.17, 15) is 14.7 Å². The van der Waals surface area contributed by atoms with Crippen LogP contribution in [0.15, 0.2) is 66.7 Å². The predicted octanol–water partition coefficient (Wildman–Crippen LogP) is 6.27. The highest BCUT2D eigenvalue weighted by molar-refractivity contribution is 6.35. The molecule has 0 bridgehead atoms. The van der Waals surface area contributed by atoms with Gasteiger partial charge in [-0.2, -0.15) is 0 Å². The van der Waals surface area contributed by atoms with Gasteiger partial charge < -0.3 is 25.7 Å². The van der Waals surface area contributed by atoms with Crippen LogP contribution in [0.1, 0.15) is 59.5 Å². The van der Waals surface area contributed by atoms with Gasteiger partial charge in [0.25, 0.3) is 5.91 Å². The molecule has 40 heavy (non-hydrogen) atoms. The van der Waals surface area contributed by atoms with Crippen molar-refractivity contribution in [1.29, 1.82) is 5.41 Å². The SMILES string of the molecule is N=C(Nc1cc(Cl)cc(Cl)c1)N(Cc1ccc(C(=O)NC[C@@H](O)C(=O)O)cc1)c1ccc(C2CCCCC2)cc1. The molecular weight excluding hydrogens is 551 g/mol. The molecule has 1 aliphatic carbocycles. The number of anilines is 2. The molecule has 0 radical (unpaired) electrons. The molecule has 4 rings (SSSR count). The van der Waals surface area contributed by atoms with E-state index < -0.39 is 24.5 Å². The molecule has 1 aliphatic rings. The van der Waals surface area contributed by atoms with Gasteiger partial charge in [-0.05, 0) is 72.4 Å². The second kappa shape index (κ2) is 13.7. The molecule has 3 aromatic carbocycles. The lowest BCUT2D eigenvalue weighted by atomic mass is 9.84. The zero-order valence-corrected chi connectivity index (χ0v) is 23.4. The maximum absolute atomic E-state index is 12.4. The van der Waals surface area contributed by atoms with E-state index in [4.69, 9.17) is 33.7 Å². The topological polar surface area (TPSA) is 126 Å². The number of aliphatic hydroxyl groups excluding tert-OH is 1. The van der Waals surface area contributed by atoms with Gasteiger partial charge >= 0.3 is 5.97 Å². The normalized spacial score (nSPS) is 14.3. The molecule has 210 valence electrons. The van der Waals surface area contributed by atoms with Gasteiger partial charge in [0.2, 0.25) is 0 Å². The number of rotatable bonds is 9. The molecule has 3 aromatic rings. The molecule has 1 saturated carbocycles. The Balaban J connectivity index is 1.52. The fourth-order valence-electron chi connectivity index (χ4n) is 4.81. The second-order valence-electron chi connectivity index (χ2n) is 9.91. The lowest BCUT2D eigenvalue weighted by molar-refractivity contribution is -0.146. The fraction of sp³-hybridized carbons (Fsp3) is 0.300. The summed E-state index contributed by atoms with van der Waals surface area (Å²) in [6, 6.07) is 20.1. The van der Waals surface area contributed by atoms with Gasteiger partial charge in [0.1, 0.15) is 0 Å². The number of benzene rings is 3. The van der Waals surface area contributed by atoms with Crippen LogP contribution in [-0.2, 0) is 11.3 Å². The molecule has 0 spiro atoms. The largest absolute Gasteiger partial charge is 0.479 e. The minimum absolute atomic E-state index is 0.119. The number of guanidine groups is 1. The summed E-state index contributed by atoms with van der Waals surface area (Å²) >= 11 is 12.3. The molecule has 10 heteroatoms. The van der Waals surface area contributed by atoms with E-state index in [1.165, 1.54) is 37.7 Å². The first kappa shape index (κ1) is 29.4. The number of amides is 1. The van der Waals surface area contributed by atoms with Crippen LogP contribution in [0.5, 0.6) is 0 Å². The minimum Gasteiger partial charge on any atom is -0.479 e. The van der Waals surface area contributed by atoms with Crippen LogP contribution in [0, 0.1) is 5.41 Å². The number of nitrogens with one attached hydrogen (secondary N) is 3. The average Bonchev–Trinajstić information content (AvgIpc) is 2.94. The number of aliphatic carboxylic acids is 1. The first-order valence-electron chi connectivity index (χ1n) is 13.2. The van der Waals surface area contributed by atoms with Gasteiger partial charge in [-0.3, -0.25) is 10.2 Å². The summed E-state index contributed by atoms with van der Waals surface area (Å²) in [6.45, 7) is -0.0561. The van der Waals surface area contributed by atoms with E-state index in [1.807, 2.05) is 17.0 Å². The summed E-state index contributed by atoms with van der Waals surface area (Å²) in [4.78, 5) is 25.0. The van der Waals surface area contributed by atoms with Crippen LogP contribution < -0.4 is 15.5 Å². The number of carboxylic acid groups (broad SMARTS) is 1. The molecule has 8 nitrogen and oxygen atoms in total. The maximum Gasteiger partial charge on any atom is 0.334 e. The Labute approximate surface area is 243 Å². The van der Waals surface area contributed by atoms with Gasteiger partial charge in [-0.1, -0.05) is 66.7 Å². The number of halogens is 2. The van der Waals surface area contributed by atoms with Gasteiger partial charge in [0.05, 0.1) is 13.1 Å². The highest BCUT2D eigenvalue weighted by atomic mass is 35.5. The van der Waals surface area contributed by atoms with Crippen molar-refractivity contribution in [3.63, 3.8) is 0 Å². The third-order valence-corrected chi connectivity index (χ3v) is 7.41. The molecule has 0 aliphatic heterocycles. The Bertz CT molecular complexity index is 1320. The number of hydrogen-bond donors (Lipinski definition) is 5. The molecule has 0 aromatic heterocycles. The number of nitrogens with zero attached hydrogens (tertiary/aromatic N) is 1. The van der Waals surface area contributed by atoms with E-state index >= 15 is 0 Å². The molecule has 1 atom stereocenters. The first-order chi connectivity index (χ1) is 19.2. The van der Waals surface area contributed by atoms with E-state index in [0.29, 0.717) is 33.8 Å². The second-order valence-corrected chi connectivity index (χ2v) is 10.8. The third kappa shape index (κ3) is 7.97. The van der Waals surface area contributed by atoms with Crippen LogP contribution in [0.4, 0.5) is 11.4 Å². The van der Waals surface area contributed by atoms with Crippen molar-refractivity contribution in [2.45, 2.75) is 50.7 Å². The number of carbonyl (C=O) groups is 2. The van der Waals surface area contributed by atoms with E-state index in [1.54, 1.807) is 42.5 Å². The Kier molecular flexibility index (Phi) is 10.0. The van der Waals surface area contributed by atoms with Crippen LogP contribution in [0.25, 0.3) is 0 Å². The zero-order valence-electron chi connectivity index (χ0n) is 21.9. The summed E-state index contributed by atoms with van der Waals surface area (Å²) in [5.74, 6) is -1.21. The van der Waals surface area contributed by atoms with Gasteiger partial charge in [-0.15, -0.1) is 0 Å². The highest BCUT2D eigenvalue weighted by Gasteiger charge is 2.19. The first-order valence-corrected chi connectivity index (χ1v) is 13.9. The Hall–Kier alpha value is -3.59. The van der Waals surface area contributed by atoms with E-state index in [-0.39, 0.29) is 5.96 Å². The van der Waals surface area contributed by atoms with Crippen molar-refractivity contribution in [3.05, 3.63) is 93.5 Å². The summed E-state index contributed by atoms with van der Waals surface area (Å²) in [7, 11) is 0. The number of carboxylic acids is 1. The van der Waals surface area contributed by atoms with Crippen molar-refractivity contribution in [1.82, 2.24) is 5.32 Å². The summed E-state index contributed by atoms with van der Waals surface area (Å²) in [5.41, 5.74) is 3.89. The van der Waals surface area contributed by atoms with Crippen LogP contribution in [0.3, 0.4) is 0 Å². The number of carbonyl (C=O) groups excluding carboxylic acids is 1. The van der Waals surface area contributed by atoms with Crippen molar-refractivity contribution in [2.75, 3.05) is 16.8 Å². The van der Waals surface area contributed by atoms with Gasteiger partial charge in [0, 0.05) is 27.0 Å². The molecule has 1 fully saturated rings. The highest BCUT2D eigenvalue weighted by Crippen LogP contribution is 2.33. The monoisotopic (exact) mass is 582 g/mol. The summed E-state index contributed by atoms with van der Waals surface area (Å²) in [6.07, 6.45) is 4.53. The van der Waals surface area contributed by atoms with Gasteiger partial charge in [0.15, 0.2) is 12.1 Å². The van der Waals surface area contributed by atoms with Crippen LogP contribution in [-0.4, -0.2) is 40.7 Å².